The van der Waals surface area contributed by atoms with E-state index in [1.807, 2.05) is 0 Å². The zero-order valence-electron chi connectivity index (χ0n) is 9.29. The van der Waals surface area contributed by atoms with E-state index in [1.54, 1.807) is 12.3 Å². The Morgan fingerprint density at radius 3 is 3.06 bits per heavy atom. The third-order valence-electron chi connectivity index (χ3n) is 3.07. The molecule has 1 heterocycles. The third-order valence-corrected chi connectivity index (χ3v) is 3.07. The second-order valence-corrected chi connectivity index (χ2v) is 4.47. The van der Waals surface area contributed by atoms with Crippen molar-refractivity contribution in [3.63, 3.8) is 0 Å². The fraction of sp³-hybridized carbons (Fsp3) is 0.308. The standard InChI is InChI=1S/C13H13FN2O/c14-8-1-4-12-10(5-8)11(6-16-12)13(17)7-15-9-2-3-9/h1,4-6,9,15-16H,2-3,7H2. The number of hydrogen-bond donors (Lipinski definition) is 2. The Bertz CT molecular complexity index is 572. The maximum absolute atomic E-state index is 13.1. The highest BCUT2D eigenvalue weighted by Crippen LogP contribution is 2.21. The molecule has 0 unspecified atom stereocenters. The van der Waals surface area contributed by atoms with E-state index in [4.69, 9.17) is 0 Å². The molecule has 1 aliphatic carbocycles. The lowest BCUT2D eigenvalue weighted by Crippen LogP contribution is -2.24. The monoisotopic (exact) mass is 232 g/mol. The van der Waals surface area contributed by atoms with Crippen LogP contribution >= 0.6 is 0 Å². The number of fused-ring (bicyclic) bond motifs is 1. The van der Waals surface area contributed by atoms with E-state index in [9.17, 15) is 9.18 Å². The highest BCUT2D eigenvalue weighted by Gasteiger charge is 2.22. The fourth-order valence-electron chi connectivity index (χ4n) is 1.94. The number of carbonyl (C=O) groups excluding carboxylic acids is 1. The summed E-state index contributed by atoms with van der Waals surface area (Å²) >= 11 is 0. The number of aromatic nitrogens is 1. The molecule has 0 bridgehead atoms. The second kappa shape index (κ2) is 3.96. The number of hydrogen-bond acceptors (Lipinski definition) is 2. The number of aromatic amines is 1. The number of Topliss-reactive ketones (excluding diaryl/α,β-unsaturated/α-hetero) is 1. The molecule has 1 aromatic carbocycles. The van der Waals surface area contributed by atoms with Crippen LogP contribution in [0.15, 0.2) is 24.4 Å². The molecule has 0 atom stereocenters. The van der Waals surface area contributed by atoms with Crippen molar-refractivity contribution in [2.24, 2.45) is 0 Å². The number of carbonyl (C=O) groups is 1. The van der Waals surface area contributed by atoms with E-state index in [1.165, 1.54) is 12.1 Å². The van der Waals surface area contributed by atoms with Gasteiger partial charge in [-0.15, -0.1) is 0 Å². The maximum Gasteiger partial charge on any atom is 0.178 e. The first-order chi connectivity index (χ1) is 8.24. The van der Waals surface area contributed by atoms with Gasteiger partial charge in [0.25, 0.3) is 0 Å². The van der Waals surface area contributed by atoms with Crippen LogP contribution in [0.25, 0.3) is 10.9 Å². The summed E-state index contributed by atoms with van der Waals surface area (Å²) in [6.45, 7) is 0.328. The third kappa shape index (κ3) is 2.08. The van der Waals surface area contributed by atoms with Crippen LogP contribution in [0.3, 0.4) is 0 Å². The average Bonchev–Trinajstić information content (AvgIpc) is 3.05. The van der Waals surface area contributed by atoms with Gasteiger partial charge in [0.15, 0.2) is 5.78 Å². The Balaban J connectivity index is 1.87. The van der Waals surface area contributed by atoms with Crippen molar-refractivity contribution in [2.45, 2.75) is 18.9 Å². The number of halogens is 1. The minimum atomic E-state index is -0.318. The van der Waals surface area contributed by atoms with Crippen LogP contribution in [-0.4, -0.2) is 23.4 Å². The van der Waals surface area contributed by atoms with Crippen molar-refractivity contribution in [3.05, 3.63) is 35.8 Å². The molecule has 0 spiro atoms. The molecular weight excluding hydrogens is 219 g/mol. The van der Waals surface area contributed by atoms with E-state index < -0.39 is 0 Å². The normalized spacial score (nSPS) is 15.4. The molecule has 1 fully saturated rings. The van der Waals surface area contributed by atoms with Crippen molar-refractivity contribution in [3.8, 4) is 0 Å². The van der Waals surface area contributed by atoms with Gasteiger partial charge in [0.1, 0.15) is 5.82 Å². The first kappa shape index (κ1) is 10.5. The van der Waals surface area contributed by atoms with Gasteiger partial charge in [-0.1, -0.05) is 0 Å². The van der Waals surface area contributed by atoms with Crippen LogP contribution in [0.2, 0.25) is 0 Å². The number of rotatable bonds is 4. The number of benzene rings is 1. The van der Waals surface area contributed by atoms with E-state index in [2.05, 4.69) is 10.3 Å². The minimum absolute atomic E-state index is 0.00810. The van der Waals surface area contributed by atoms with Gasteiger partial charge >= 0.3 is 0 Å². The first-order valence-electron chi connectivity index (χ1n) is 5.77. The molecule has 1 aromatic heterocycles. The van der Waals surface area contributed by atoms with E-state index in [0.29, 0.717) is 23.5 Å². The second-order valence-electron chi connectivity index (χ2n) is 4.47. The Kier molecular flexibility index (Phi) is 2.44. The lowest BCUT2D eigenvalue weighted by atomic mass is 10.1. The summed E-state index contributed by atoms with van der Waals surface area (Å²) in [5.41, 5.74) is 1.36. The van der Waals surface area contributed by atoms with Crippen molar-refractivity contribution in [1.82, 2.24) is 10.3 Å². The van der Waals surface area contributed by atoms with E-state index in [-0.39, 0.29) is 11.6 Å². The average molecular weight is 232 g/mol. The summed E-state index contributed by atoms with van der Waals surface area (Å²) < 4.78 is 13.1. The maximum atomic E-state index is 13.1. The molecule has 1 saturated carbocycles. The van der Waals surface area contributed by atoms with Crippen molar-refractivity contribution in [1.29, 1.82) is 0 Å². The van der Waals surface area contributed by atoms with Crippen LogP contribution in [0, 0.1) is 5.82 Å². The predicted molar refractivity (Wildman–Crippen MR) is 63.6 cm³/mol. The summed E-state index contributed by atoms with van der Waals surface area (Å²) in [5.74, 6) is -0.310. The zero-order valence-corrected chi connectivity index (χ0v) is 9.29. The first-order valence-corrected chi connectivity index (χ1v) is 5.77. The fourth-order valence-corrected chi connectivity index (χ4v) is 1.94. The van der Waals surface area contributed by atoms with Gasteiger partial charge in [-0.2, -0.15) is 0 Å². The number of ketones is 1. The van der Waals surface area contributed by atoms with Crippen molar-refractivity contribution >= 4 is 16.7 Å². The van der Waals surface area contributed by atoms with Gasteiger partial charge in [0, 0.05) is 28.7 Å². The topological polar surface area (TPSA) is 44.9 Å². The minimum Gasteiger partial charge on any atom is -0.360 e. The molecule has 17 heavy (non-hydrogen) atoms. The molecule has 0 aliphatic heterocycles. The molecule has 1 aliphatic rings. The summed E-state index contributed by atoms with van der Waals surface area (Å²) in [4.78, 5) is 14.9. The smallest absolute Gasteiger partial charge is 0.178 e. The Hall–Kier alpha value is -1.68. The van der Waals surface area contributed by atoms with Crippen LogP contribution < -0.4 is 5.32 Å². The van der Waals surface area contributed by atoms with Crippen molar-refractivity contribution in [2.75, 3.05) is 6.54 Å². The quantitative estimate of drug-likeness (QED) is 0.794. The number of H-pyrrole nitrogens is 1. The number of nitrogens with one attached hydrogen (secondary N) is 2. The Morgan fingerprint density at radius 2 is 2.29 bits per heavy atom. The van der Waals surface area contributed by atoms with E-state index >= 15 is 0 Å². The SMILES string of the molecule is O=C(CNC1CC1)c1c[nH]c2ccc(F)cc12. The molecule has 3 nitrogen and oxygen atoms in total. The molecule has 2 N–H and O–H groups in total. The molecule has 3 rings (SSSR count). The van der Waals surface area contributed by atoms with Crippen LogP contribution in [0.1, 0.15) is 23.2 Å². The van der Waals surface area contributed by atoms with Gasteiger partial charge < -0.3 is 10.3 Å². The van der Waals surface area contributed by atoms with Gasteiger partial charge in [-0.25, -0.2) is 4.39 Å². The van der Waals surface area contributed by atoms with Gasteiger partial charge in [0.2, 0.25) is 0 Å². The zero-order chi connectivity index (χ0) is 11.8. The van der Waals surface area contributed by atoms with Crippen LogP contribution in [-0.2, 0) is 0 Å². The largest absolute Gasteiger partial charge is 0.360 e. The summed E-state index contributed by atoms with van der Waals surface area (Å²) in [7, 11) is 0. The molecule has 0 saturated heterocycles. The summed E-state index contributed by atoms with van der Waals surface area (Å²) in [6, 6.07) is 4.93. The van der Waals surface area contributed by atoms with Crippen LogP contribution in [0.4, 0.5) is 4.39 Å². The lowest BCUT2D eigenvalue weighted by Gasteiger charge is -2.01. The van der Waals surface area contributed by atoms with Crippen LogP contribution in [0.5, 0.6) is 0 Å². The Morgan fingerprint density at radius 1 is 1.47 bits per heavy atom. The molecule has 4 heteroatoms. The summed E-state index contributed by atoms with van der Waals surface area (Å²) in [6.07, 6.45) is 3.95. The molecule has 0 radical (unpaired) electrons. The molecule has 88 valence electrons. The van der Waals surface area contributed by atoms with Crippen molar-refractivity contribution < 1.29 is 9.18 Å². The molecule has 0 amide bonds. The van der Waals surface area contributed by atoms with Gasteiger partial charge in [0.05, 0.1) is 6.54 Å². The highest BCUT2D eigenvalue weighted by molar-refractivity contribution is 6.08. The van der Waals surface area contributed by atoms with Gasteiger partial charge in [-0.05, 0) is 31.0 Å². The Labute approximate surface area is 98.0 Å². The predicted octanol–water partition coefficient (Wildman–Crippen LogP) is 2.24. The van der Waals surface area contributed by atoms with E-state index in [0.717, 1.165) is 18.4 Å². The van der Waals surface area contributed by atoms with Gasteiger partial charge in [-0.3, -0.25) is 4.79 Å². The lowest BCUT2D eigenvalue weighted by molar-refractivity contribution is 0.0992. The summed E-state index contributed by atoms with van der Waals surface area (Å²) in [5, 5.41) is 3.83. The molecule has 2 aromatic rings. The molecular formula is C13H13FN2O. The highest BCUT2D eigenvalue weighted by atomic mass is 19.1.